The molecule has 0 saturated carbocycles. The predicted octanol–water partition coefficient (Wildman–Crippen LogP) is 1.30. The second kappa shape index (κ2) is 5.43. The van der Waals surface area contributed by atoms with Gasteiger partial charge in [0.05, 0.1) is 5.37 Å². The Morgan fingerprint density at radius 2 is 2.12 bits per heavy atom. The summed E-state index contributed by atoms with van der Waals surface area (Å²) in [6.45, 7) is 4.43. The molecule has 0 radical (unpaired) electrons. The van der Waals surface area contributed by atoms with Crippen molar-refractivity contribution in [2.45, 2.75) is 31.7 Å². The number of carbonyl (C=O) groups is 2. The third kappa shape index (κ3) is 2.42. The van der Waals surface area contributed by atoms with Crippen molar-refractivity contribution in [3.05, 3.63) is 0 Å². The van der Waals surface area contributed by atoms with Crippen molar-refractivity contribution < 1.29 is 14.7 Å². The molecule has 16 heavy (non-hydrogen) atoms. The van der Waals surface area contributed by atoms with Crippen LogP contribution in [0.2, 0.25) is 0 Å². The van der Waals surface area contributed by atoms with Crippen LogP contribution in [0.4, 0.5) is 4.79 Å². The molecule has 92 valence electrons. The zero-order valence-electron chi connectivity index (χ0n) is 9.84. The molecule has 1 saturated heterocycles. The van der Waals surface area contributed by atoms with E-state index in [0.29, 0.717) is 12.3 Å². The minimum atomic E-state index is -0.915. The summed E-state index contributed by atoms with van der Waals surface area (Å²) in [6, 6.07) is -0.872. The first-order valence-electron chi connectivity index (χ1n) is 5.40. The molecular formula is C10H18N2O3S. The van der Waals surface area contributed by atoms with E-state index in [-0.39, 0.29) is 11.4 Å². The molecule has 6 heteroatoms. The molecule has 1 fully saturated rings. The molecule has 0 aromatic carbocycles. The van der Waals surface area contributed by atoms with E-state index in [2.05, 4.69) is 0 Å². The summed E-state index contributed by atoms with van der Waals surface area (Å²) < 4.78 is 0. The molecule has 1 rings (SSSR count). The van der Waals surface area contributed by atoms with Crippen LogP contribution >= 0.6 is 11.8 Å². The van der Waals surface area contributed by atoms with E-state index in [1.807, 2.05) is 13.8 Å². The number of rotatable bonds is 3. The number of nitrogens with zero attached hydrogens (tertiary/aromatic N) is 2. The highest BCUT2D eigenvalue weighted by atomic mass is 32.2. The Balaban J connectivity index is 2.85. The fourth-order valence-corrected chi connectivity index (χ4v) is 3.00. The van der Waals surface area contributed by atoms with E-state index in [0.717, 1.165) is 6.42 Å². The minimum absolute atomic E-state index is 0.0115. The third-order valence-electron chi connectivity index (χ3n) is 2.75. The maximum Gasteiger partial charge on any atom is 0.327 e. The Hall–Kier alpha value is -0.910. The van der Waals surface area contributed by atoms with Crippen molar-refractivity contribution in [3.63, 3.8) is 0 Å². The van der Waals surface area contributed by atoms with E-state index in [1.165, 1.54) is 4.90 Å². The summed E-state index contributed by atoms with van der Waals surface area (Å²) in [5.41, 5.74) is 0. The molecule has 1 aliphatic heterocycles. The van der Waals surface area contributed by atoms with Gasteiger partial charge in [0, 0.05) is 19.3 Å². The highest BCUT2D eigenvalue weighted by Crippen LogP contribution is 2.31. The van der Waals surface area contributed by atoms with Crippen molar-refractivity contribution in [1.82, 2.24) is 9.80 Å². The normalized spacial score (nSPS) is 24.6. The first kappa shape index (κ1) is 13.2. The highest BCUT2D eigenvalue weighted by Gasteiger charge is 2.41. The Labute approximate surface area is 99.8 Å². The monoisotopic (exact) mass is 246 g/mol. The van der Waals surface area contributed by atoms with Crippen LogP contribution in [0.5, 0.6) is 0 Å². The van der Waals surface area contributed by atoms with Crippen molar-refractivity contribution in [2.75, 3.05) is 19.3 Å². The number of carboxylic acids is 1. The van der Waals surface area contributed by atoms with Gasteiger partial charge in [0.2, 0.25) is 0 Å². The van der Waals surface area contributed by atoms with Gasteiger partial charge in [-0.1, -0.05) is 6.92 Å². The molecule has 0 aromatic heterocycles. The number of amides is 2. The molecule has 5 nitrogen and oxygen atoms in total. The molecule has 1 aliphatic rings. The molecule has 2 unspecified atom stereocenters. The molecular weight excluding hydrogens is 228 g/mol. The molecule has 1 heterocycles. The van der Waals surface area contributed by atoms with Gasteiger partial charge in [0.1, 0.15) is 6.04 Å². The SMILES string of the molecule is CCC1SCC(C(=O)O)N1C(=O)N(C)CC. The van der Waals surface area contributed by atoms with Gasteiger partial charge in [-0.2, -0.15) is 0 Å². The van der Waals surface area contributed by atoms with Crippen molar-refractivity contribution in [3.8, 4) is 0 Å². The Kier molecular flexibility index (Phi) is 4.46. The molecule has 2 atom stereocenters. The zero-order valence-corrected chi connectivity index (χ0v) is 10.7. The van der Waals surface area contributed by atoms with Crippen LogP contribution in [0, 0.1) is 0 Å². The van der Waals surface area contributed by atoms with Crippen LogP contribution in [-0.2, 0) is 4.79 Å². The van der Waals surface area contributed by atoms with Crippen LogP contribution in [0.3, 0.4) is 0 Å². The topological polar surface area (TPSA) is 60.9 Å². The average molecular weight is 246 g/mol. The number of aliphatic carboxylic acids is 1. The summed E-state index contributed by atoms with van der Waals surface area (Å²) >= 11 is 1.54. The number of carboxylic acid groups (broad SMARTS) is 1. The fourth-order valence-electron chi connectivity index (χ4n) is 1.66. The van der Waals surface area contributed by atoms with Gasteiger partial charge in [-0.25, -0.2) is 9.59 Å². The lowest BCUT2D eigenvalue weighted by Crippen LogP contribution is -2.50. The summed E-state index contributed by atoms with van der Waals surface area (Å²) in [4.78, 5) is 26.1. The molecule has 0 spiro atoms. The molecule has 0 aliphatic carbocycles. The molecule has 1 N–H and O–H groups in total. The van der Waals surface area contributed by atoms with Crippen LogP contribution in [0.25, 0.3) is 0 Å². The average Bonchev–Trinajstić information content (AvgIpc) is 2.70. The Morgan fingerprint density at radius 3 is 2.56 bits per heavy atom. The quantitative estimate of drug-likeness (QED) is 0.815. The van der Waals surface area contributed by atoms with Crippen molar-refractivity contribution >= 4 is 23.8 Å². The van der Waals surface area contributed by atoms with Crippen LogP contribution < -0.4 is 0 Å². The molecule has 2 amide bonds. The van der Waals surface area contributed by atoms with Gasteiger partial charge in [-0.05, 0) is 13.3 Å². The largest absolute Gasteiger partial charge is 0.480 e. The fraction of sp³-hybridized carbons (Fsp3) is 0.800. The predicted molar refractivity (Wildman–Crippen MR) is 63.5 cm³/mol. The third-order valence-corrected chi connectivity index (χ3v) is 4.20. The number of carbonyl (C=O) groups excluding carboxylic acids is 1. The summed E-state index contributed by atoms with van der Waals surface area (Å²) in [6.07, 6.45) is 0.776. The van der Waals surface area contributed by atoms with Crippen molar-refractivity contribution in [2.24, 2.45) is 0 Å². The Bertz CT molecular complexity index is 285. The summed E-state index contributed by atoms with van der Waals surface area (Å²) in [5, 5.41) is 9.06. The Morgan fingerprint density at radius 1 is 1.50 bits per heavy atom. The second-order valence-electron chi connectivity index (χ2n) is 3.75. The van der Waals surface area contributed by atoms with Gasteiger partial charge >= 0.3 is 12.0 Å². The van der Waals surface area contributed by atoms with Crippen molar-refractivity contribution in [1.29, 1.82) is 0 Å². The van der Waals surface area contributed by atoms with Gasteiger partial charge in [-0.3, -0.25) is 4.90 Å². The van der Waals surface area contributed by atoms with E-state index in [4.69, 9.17) is 5.11 Å². The lowest BCUT2D eigenvalue weighted by Gasteiger charge is -2.30. The maximum atomic E-state index is 12.0. The van der Waals surface area contributed by atoms with Crippen LogP contribution in [0.1, 0.15) is 20.3 Å². The van der Waals surface area contributed by atoms with E-state index >= 15 is 0 Å². The molecule has 0 bridgehead atoms. The van der Waals surface area contributed by atoms with E-state index in [9.17, 15) is 9.59 Å². The number of hydrogen-bond donors (Lipinski definition) is 1. The smallest absolute Gasteiger partial charge is 0.327 e. The van der Waals surface area contributed by atoms with Crippen LogP contribution in [0.15, 0.2) is 0 Å². The van der Waals surface area contributed by atoms with Gasteiger partial charge in [0.15, 0.2) is 0 Å². The maximum absolute atomic E-state index is 12.0. The van der Waals surface area contributed by atoms with Gasteiger partial charge in [-0.15, -0.1) is 11.8 Å². The summed E-state index contributed by atoms with van der Waals surface area (Å²) in [5.74, 6) is -0.432. The van der Waals surface area contributed by atoms with E-state index < -0.39 is 12.0 Å². The summed E-state index contributed by atoms with van der Waals surface area (Å²) in [7, 11) is 1.69. The number of urea groups is 1. The zero-order chi connectivity index (χ0) is 12.3. The lowest BCUT2D eigenvalue weighted by molar-refractivity contribution is -0.141. The van der Waals surface area contributed by atoms with Crippen LogP contribution in [-0.4, -0.2) is 57.7 Å². The standard InChI is InChI=1S/C10H18N2O3S/c1-4-8-12(10(15)11(3)5-2)7(6-16-8)9(13)14/h7-8H,4-6H2,1-3H3,(H,13,14). The minimum Gasteiger partial charge on any atom is -0.480 e. The number of thioether (sulfide) groups is 1. The van der Waals surface area contributed by atoms with Gasteiger partial charge < -0.3 is 10.0 Å². The lowest BCUT2D eigenvalue weighted by atomic mass is 10.2. The number of hydrogen-bond acceptors (Lipinski definition) is 3. The first-order chi connectivity index (χ1) is 7.52. The first-order valence-corrected chi connectivity index (χ1v) is 6.45. The highest BCUT2D eigenvalue weighted by molar-refractivity contribution is 8.00. The molecule has 0 aromatic rings. The van der Waals surface area contributed by atoms with Gasteiger partial charge in [0.25, 0.3) is 0 Å². The van der Waals surface area contributed by atoms with E-state index in [1.54, 1.807) is 23.7 Å². The second-order valence-corrected chi connectivity index (χ2v) is 4.97.